The molecule has 1 saturated heterocycles. The Labute approximate surface area is 142 Å². The molecule has 5 heteroatoms. The van der Waals surface area contributed by atoms with Crippen LogP contribution in [0.5, 0.6) is 11.6 Å². The van der Waals surface area contributed by atoms with E-state index in [-0.39, 0.29) is 18.1 Å². The number of carbonyl (C=O) groups excluding carboxylic acids is 1. The van der Waals surface area contributed by atoms with Crippen LogP contribution in [0.1, 0.15) is 30.6 Å². The molecule has 0 spiro atoms. The molecule has 1 atom stereocenters. The van der Waals surface area contributed by atoms with Crippen molar-refractivity contribution in [1.82, 2.24) is 9.88 Å². The van der Waals surface area contributed by atoms with Gasteiger partial charge in [0.25, 0.3) is 5.91 Å². The van der Waals surface area contributed by atoms with Gasteiger partial charge in [0.15, 0.2) is 0 Å². The lowest BCUT2D eigenvalue weighted by molar-refractivity contribution is 0.0771. The van der Waals surface area contributed by atoms with E-state index < -0.39 is 0 Å². The first-order valence-corrected chi connectivity index (χ1v) is 8.25. The molecular weight excluding hydrogens is 304 g/mol. The van der Waals surface area contributed by atoms with Crippen LogP contribution in [0.3, 0.4) is 0 Å². The van der Waals surface area contributed by atoms with Crippen LogP contribution in [0.25, 0.3) is 0 Å². The normalized spacial score (nSPS) is 17.1. The van der Waals surface area contributed by atoms with Crippen LogP contribution in [0, 0.1) is 0 Å². The van der Waals surface area contributed by atoms with Gasteiger partial charge >= 0.3 is 0 Å². The summed E-state index contributed by atoms with van der Waals surface area (Å²) in [5.74, 6) is 1.41. The van der Waals surface area contributed by atoms with Crippen LogP contribution >= 0.6 is 0 Å². The van der Waals surface area contributed by atoms with E-state index in [4.69, 9.17) is 9.47 Å². The molecule has 0 radical (unpaired) electrons. The third-order valence-electron chi connectivity index (χ3n) is 3.83. The summed E-state index contributed by atoms with van der Waals surface area (Å²) in [6, 6.07) is 12.9. The zero-order valence-corrected chi connectivity index (χ0v) is 14.0. The number of aromatic nitrogens is 1. The van der Waals surface area contributed by atoms with Crippen molar-refractivity contribution >= 4 is 5.91 Å². The Kier molecular flexibility index (Phi) is 4.99. The summed E-state index contributed by atoms with van der Waals surface area (Å²) >= 11 is 0. The molecule has 1 amide bonds. The predicted molar refractivity (Wildman–Crippen MR) is 91.4 cm³/mol. The van der Waals surface area contributed by atoms with E-state index in [1.807, 2.05) is 61.2 Å². The maximum Gasteiger partial charge on any atom is 0.253 e. The average Bonchev–Trinajstić information content (AvgIpc) is 3.04. The minimum atomic E-state index is -0.00704. The summed E-state index contributed by atoms with van der Waals surface area (Å²) in [6.07, 6.45) is 2.63. The SMILES string of the molecule is CC(C)Oc1ccc(C(=O)N2CCC(Oc3ccccn3)C2)cc1. The van der Waals surface area contributed by atoms with Gasteiger partial charge in [-0.05, 0) is 44.2 Å². The molecule has 2 aromatic rings. The summed E-state index contributed by atoms with van der Waals surface area (Å²) in [6.45, 7) is 5.23. The fraction of sp³-hybridized carbons (Fsp3) is 0.368. The van der Waals surface area contributed by atoms with E-state index in [0.29, 0.717) is 24.5 Å². The van der Waals surface area contributed by atoms with Crippen LogP contribution in [0.4, 0.5) is 0 Å². The van der Waals surface area contributed by atoms with Gasteiger partial charge in [-0.3, -0.25) is 4.79 Å². The molecule has 1 fully saturated rings. The first-order chi connectivity index (χ1) is 11.6. The molecule has 3 rings (SSSR count). The van der Waals surface area contributed by atoms with Crippen molar-refractivity contribution in [2.24, 2.45) is 0 Å². The molecule has 24 heavy (non-hydrogen) atoms. The van der Waals surface area contributed by atoms with Crippen LogP contribution in [-0.2, 0) is 0 Å². The summed E-state index contributed by atoms with van der Waals surface area (Å²) in [7, 11) is 0. The molecule has 1 aromatic carbocycles. The summed E-state index contributed by atoms with van der Waals surface area (Å²) < 4.78 is 11.4. The maximum absolute atomic E-state index is 12.6. The number of hydrogen-bond donors (Lipinski definition) is 0. The largest absolute Gasteiger partial charge is 0.491 e. The highest BCUT2D eigenvalue weighted by molar-refractivity contribution is 5.94. The number of benzene rings is 1. The number of nitrogens with zero attached hydrogens (tertiary/aromatic N) is 2. The molecule has 126 valence electrons. The molecule has 0 saturated carbocycles. The number of carbonyl (C=O) groups is 1. The van der Waals surface area contributed by atoms with Crippen molar-refractivity contribution in [3.63, 3.8) is 0 Å². The lowest BCUT2D eigenvalue weighted by atomic mass is 10.2. The van der Waals surface area contributed by atoms with Crippen molar-refractivity contribution < 1.29 is 14.3 Å². The molecule has 1 aliphatic rings. The van der Waals surface area contributed by atoms with Gasteiger partial charge in [-0.15, -0.1) is 0 Å². The molecular formula is C19H22N2O3. The van der Waals surface area contributed by atoms with Crippen molar-refractivity contribution in [1.29, 1.82) is 0 Å². The average molecular weight is 326 g/mol. The highest BCUT2D eigenvalue weighted by atomic mass is 16.5. The Morgan fingerprint density at radius 1 is 1.21 bits per heavy atom. The third-order valence-corrected chi connectivity index (χ3v) is 3.83. The quantitative estimate of drug-likeness (QED) is 0.847. The van der Waals surface area contributed by atoms with Gasteiger partial charge in [0.2, 0.25) is 5.88 Å². The van der Waals surface area contributed by atoms with E-state index in [0.717, 1.165) is 12.2 Å². The van der Waals surface area contributed by atoms with Gasteiger partial charge in [-0.1, -0.05) is 6.07 Å². The molecule has 2 heterocycles. The minimum absolute atomic E-state index is 0.00704. The standard InChI is InChI=1S/C19H22N2O3/c1-14(2)23-16-8-6-15(7-9-16)19(22)21-12-10-17(13-21)24-18-5-3-4-11-20-18/h3-9,11,14,17H,10,12-13H2,1-2H3. The third kappa shape index (κ3) is 4.04. The molecule has 0 bridgehead atoms. The fourth-order valence-electron chi connectivity index (χ4n) is 2.73. The number of pyridine rings is 1. The topological polar surface area (TPSA) is 51.7 Å². The van der Waals surface area contributed by atoms with Crippen molar-refractivity contribution in [3.05, 3.63) is 54.2 Å². The molecule has 1 aliphatic heterocycles. The van der Waals surface area contributed by atoms with Gasteiger partial charge in [0, 0.05) is 30.8 Å². The van der Waals surface area contributed by atoms with E-state index in [1.165, 1.54) is 0 Å². The lowest BCUT2D eigenvalue weighted by Gasteiger charge is -2.17. The summed E-state index contributed by atoms with van der Waals surface area (Å²) in [5, 5.41) is 0. The second kappa shape index (κ2) is 7.34. The van der Waals surface area contributed by atoms with E-state index in [9.17, 15) is 4.79 Å². The summed E-state index contributed by atoms with van der Waals surface area (Å²) in [4.78, 5) is 18.6. The van der Waals surface area contributed by atoms with E-state index in [2.05, 4.69) is 4.98 Å². The highest BCUT2D eigenvalue weighted by Gasteiger charge is 2.28. The fourth-order valence-corrected chi connectivity index (χ4v) is 2.73. The first kappa shape index (κ1) is 16.3. The molecule has 1 aromatic heterocycles. The number of likely N-dealkylation sites (tertiary alicyclic amines) is 1. The Balaban J connectivity index is 1.58. The van der Waals surface area contributed by atoms with Gasteiger partial charge in [0.05, 0.1) is 12.6 Å². The zero-order chi connectivity index (χ0) is 16.9. The summed E-state index contributed by atoms with van der Waals surface area (Å²) in [5.41, 5.74) is 0.671. The first-order valence-electron chi connectivity index (χ1n) is 8.25. The number of rotatable bonds is 5. The second-order valence-electron chi connectivity index (χ2n) is 6.14. The molecule has 0 N–H and O–H groups in total. The molecule has 5 nitrogen and oxygen atoms in total. The zero-order valence-electron chi connectivity index (χ0n) is 14.0. The smallest absolute Gasteiger partial charge is 0.253 e. The van der Waals surface area contributed by atoms with Gasteiger partial charge in [0.1, 0.15) is 11.9 Å². The lowest BCUT2D eigenvalue weighted by Crippen LogP contribution is -2.31. The Hall–Kier alpha value is -2.56. The molecule has 1 unspecified atom stereocenters. The Morgan fingerprint density at radius 2 is 2.00 bits per heavy atom. The van der Waals surface area contributed by atoms with Crippen LogP contribution in [0.15, 0.2) is 48.7 Å². The second-order valence-corrected chi connectivity index (χ2v) is 6.14. The van der Waals surface area contributed by atoms with Crippen molar-refractivity contribution in [3.8, 4) is 11.6 Å². The van der Waals surface area contributed by atoms with Gasteiger partial charge in [-0.25, -0.2) is 4.98 Å². The van der Waals surface area contributed by atoms with Crippen LogP contribution in [-0.4, -0.2) is 41.1 Å². The van der Waals surface area contributed by atoms with Crippen LogP contribution < -0.4 is 9.47 Å². The number of amides is 1. The maximum atomic E-state index is 12.6. The number of hydrogen-bond acceptors (Lipinski definition) is 4. The monoisotopic (exact) mass is 326 g/mol. The predicted octanol–water partition coefficient (Wildman–Crippen LogP) is 3.16. The Morgan fingerprint density at radius 3 is 2.67 bits per heavy atom. The van der Waals surface area contributed by atoms with E-state index in [1.54, 1.807) is 6.20 Å². The van der Waals surface area contributed by atoms with E-state index >= 15 is 0 Å². The van der Waals surface area contributed by atoms with Gasteiger partial charge < -0.3 is 14.4 Å². The Bertz CT molecular complexity index is 671. The number of ether oxygens (including phenoxy) is 2. The van der Waals surface area contributed by atoms with Crippen LogP contribution in [0.2, 0.25) is 0 Å². The minimum Gasteiger partial charge on any atom is -0.491 e. The molecule has 0 aliphatic carbocycles. The van der Waals surface area contributed by atoms with Crippen molar-refractivity contribution in [2.45, 2.75) is 32.5 Å². The highest BCUT2D eigenvalue weighted by Crippen LogP contribution is 2.20. The van der Waals surface area contributed by atoms with Crippen molar-refractivity contribution in [2.75, 3.05) is 13.1 Å². The van der Waals surface area contributed by atoms with Gasteiger partial charge in [-0.2, -0.15) is 0 Å².